The summed E-state index contributed by atoms with van der Waals surface area (Å²) in [7, 11) is -0.547. The van der Waals surface area contributed by atoms with Crippen molar-refractivity contribution in [3.8, 4) is 11.4 Å². The van der Waals surface area contributed by atoms with Gasteiger partial charge in [-0.15, -0.1) is 0 Å². The van der Waals surface area contributed by atoms with Gasteiger partial charge in [0.2, 0.25) is 5.82 Å². The van der Waals surface area contributed by atoms with E-state index in [0.29, 0.717) is 5.75 Å². The first kappa shape index (κ1) is 20.0. The second-order valence-electron chi connectivity index (χ2n) is 6.46. The molecule has 1 unspecified atom stereocenters. The summed E-state index contributed by atoms with van der Waals surface area (Å²) in [5.74, 6) is -0.462. The van der Waals surface area contributed by atoms with Gasteiger partial charge < -0.3 is 10.1 Å². The lowest BCUT2D eigenvalue weighted by molar-refractivity contribution is -0.145. The number of hydrogen-bond acceptors (Lipinski definition) is 5. The number of aromatic nitrogens is 3. The summed E-state index contributed by atoms with van der Waals surface area (Å²) < 4.78 is 51.1. The lowest BCUT2D eigenvalue weighted by Crippen LogP contribution is -2.16. The number of anilines is 1. The fourth-order valence-electron chi connectivity index (χ4n) is 2.93. The van der Waals surface area contributed by atoms with E-state index in [9.17, 15) is 18.0 Å². The fraction of sp³-hybridized carbons (Fsp3) is 0.158. The van der Waals surface area contributed by atoms with Gasteiger partial charge in [-0.2, -0.15) is 13.2 Å². The third-order valence-corrected chi connectivity index (χ3v) is 6.54. The van der Waals surface area contributed by atoms with Crippen molar-refractivity contribution in [3.05, 3.63) is 53.8 Å². The predicted octanol–water partition coefficient (Wildman–Crippen LogP) is 4.93. The molecule has 0 aliphatic carbocycles. The average molecular weight is 435 g/mol. The van der Waals surface area contributed by atoms with E-state index in [0.717, 1.165) is 4.57 Å². The molecule has 1 aliphatic heterocycles. The predicted molar refractivity (Wildman–Crippen MR) is 111 cm³/mol. The molecular weight excluding hydrogens is 419 g/mol. The number of allylic oxidation sites excluding steroid dienone is 1. The Bertz CT molecular complexity index is 1170. The monoisotopic (exact) mass is 435 g/mol. The molecule has 1 N–H and O–H groups in total. The first-order chi connectivity index (χ1) is 14.2. The molecule has 4 rings (SSSR count). The van der Waals surface area contributed by atoms with Crippen LogP contribution >= 0.6 is 10.2 Å². The minimum absolute atomic E-state index is 0.140. The van der Waals surface area contributed by atoms with Gasteiger partial charge in [0.15, 0.2) is 0 Å². The number of benzene rings is 1. The Hall–Kier alpha value is -3.34. The quantitative estimate of drug-likeness (QED) is 0.633. The molecule has 2 aromatic heterocycles. The Kier molecular flexibility index (Phi) is 4.77. The molecule has 1 aliphatic rings. The lowest BCUT2D eigenvalue weighted by atomic mass is 10.3. The number of carbonyl (C=O) groups is 1. The average Bonchev–Trinajstić information content (AvgIpc) is 3.32. The molecule has 7 nitrogen and oxygen atoms in total. The minimum atomic E-state index is -4.68. The molecule has 0 fully saturated rings. The lowest BCUT2D eigenvalue weighted by Gasteiger charge is -2.22. The maximum atomic E-state index is 13.6. The van der Waals surface area contributed by atoms with Gasteiger partial charge in [0, 0.05) is 12.3 Å². The Labute approximate surface area is 170 Å². The van der Waals surface area contributed by atoms with Crippen molar-refractivity contribution < 1.29 is 22.7 Å². The number of amides is 1. The van der Waals surface area contributed by atoms with Crippen molar-refractivity contribution in [1.82, 2.24) is 14.5 Å². The van der Waals surface area contributed by atoms with Crippen molar-refractivity contribution >= 4 is 38.5 Å². The third-order valence-electron chi connectivity index (χ3n) is 4.44. The number of fused-ring (bicyclic) bond motifs is 1. The molecule has 0 radical (unpaired) electrons. The second kappa shape index (κ2) is 7.17. The second-order valence-corrected chi connectivity index (χ2v) is 9.18. The zero-order chi connectivity index (χ0) is 21.5. The zero-order valence-electron chi connectivity index (χ0n) is 15.8. The molecule has 3 aromatic rings. The van der Waals surface area contributed by atoms with E-state index in [1.54, 1.807) is 30.0 Å². The van der Waals surface area contributed by atoms with Crippen LogP contribution in [0.15, 0.2) is 52.4 Å². The van der Waals surface area contributed by atoms with Crippen LogP contribution in [-0.4, -0.2) is 39.4 Å². The highest BCUT2D eigenvalue weighted by Gasteiger charge is 2.38. The molecule has 3 heterocycles. The summed E-state index contributed by atoms with van der Waals surface area (Å²) in [5, 5.41) is 4.06. The SMILES string of the molecule is COc1ccc2c(c1)nc(C(F)(F)F)n2-c1ccc(NC(=O)S2(C)C=CC=N2)nc1. The number of halogens is 3. The number of imidazole rings is 1. The van der Waals surface area contributed by atoms with Crippen molar-refractivity contribution in [1.29, 1.82) is 0 Å². The fourth-order valence-corrected chi connectivity index (χ4v) is 4.23. The van der Waals surface area contributed by atoms with Gasteiger partial charge in [0.1, 0.15) is 11.6 Å². The molecule has 1 atom stereocenters. The first-order valence-corrected chi connectivity index (χ1v) is 10.7. The van der Waals surface area contributed by atoms with Crippen molar-refractivity contribution in [2.75, 3.05) is 18.7 Å². The normalized spacial score (nSPS) is 20.3. The van der Waals surface area contributed by atoms with E-state index in [1.807, 2.05) is 0 Å². The van der Waals surface area contributed by atoms with Gasteiger partial charge in [0.25, 0.3) is 5.24 Å². The number of methoxy groups -OCH3 is 1. The van der Waals surface area contributed by atoms with Crippen LogP contribution in [0.2, 0.25) is 0 Å². The highest BCUT2D eigenvalue weighted by atomic mass is 32.3. The van der Waals surface area contributed by atoms with Gasteiger partial charge in [-0.1, -0.05) is 0 Å². The number of ether oxygens (including phenoxy) is 1. The molecule has 0 saturated heterocycles. The van der Waals surface area contributed by atoms with E-state index in [-0.39, 0.29) is 27.8 Å². The number of alkyl halides is 3. The van der Waals surface area contributed by atoms with Crippen LogP contribution < -0.4 is 10.1 Å². The van der Waals surface area contributed by atoms with E-state index < -0.39 is 22.2 Å². The van der Waals surface area contributed by atoms with Crippen LogP contribution in [0.25, 0.3) is 16.7 Å². The Balaban J connectivity index is 1.71. The maximum absolute atomic E-state index is 13.6. The molecule has 0 saturated carbocycles. The third kappa shape index (κ3) is 3.52. The van der Waals surface area contributed by atoms with Crippen molar-refractivity contribution in [2.45, 2.75) is 6.18 Å². The molecule has 0 bridgehead atoms. The Morgan fingerprint density at radius 1 is 1.23 bits per heavy atom. The van der Waals surface area contributed by atoms with E-state index in [4.69, 9.17) is 4.74 Å². The molecule has 1 amide bonds. The summed E-state index contributed by atoms with van der Waals surface area (Å²) in [6.45, 7) is 0. The van der Waals surface area contributed by atoms with Crippen molar-refractivity contribution in [2.24, 2.45) is 4.40 Å². The van der Waals surface area contributed by atoms with Crippen LogP contribution in [0.1, 0.15) is 5.82 Å². The van der Waals surface area contributed by atoms with E-state index >= 15 is 0 Å². The standard InChI is InChI=1S/C19H16F3N5O2S/c1-29-13-5-6-15-14(10-13)25-17(19(20,21)22)27(15)12-4-7-16(23-11-12)26-18(28)30(2)9-3-8-24-30/h3-11H,1-2H3,(H,23,26,28). The molecular formula is C19H16F3N5O2S. The van der Waals surface area contributed by atoms with Crippen LogP contribution in [0.4, 0.5) is 23.8 Å². The number of carbonyl (C=O) groups excluding carboxylic acids is 1. The number of nitrogens with zero attached hydrogens (tertiary/aromatic N) is 4. The largest absolute Gasteiger partial charge is 0.497 e. The Morgan fingerprint density at radius 3 is 2.63 bits per heavy atom. The molecule has 0 spiro atoms. The van der Waals surface area contributed by atoms with Crippen LogP contribution in [0, 0.1) is 0 Å². The number of hydrogen-bond donors (Lipinski definition) is 1. The van der Waals surface area contributed by atoms with Gasteiger partial charge in [-0.05, 0) is 52.2 Å². The summed E-state index contributed by atoms with van der Waals surface area (Å²) in [4.78, 5) is 20.3. The van der Waals surface area contributed by atoms with E-state index in [2.05, 4.69) is 19.7 Å². The van der Waals surface area contributed by atoms with Gasteiger partial charge in [-0.25, -0.2) is 14.4 Å². The zero-order valence-corrected chi connectivity index (χ0v) is 16.7. The molecule has 1 aromatic carbocycles. The van der Waals surface area contributed by atoms with Gasteiger partial charge >= 0.3 is 6.18 Å². The highest BCUT2D eigenvalue weighted by Crippen LogP contribution is 2.50. The minimum Gasteiger partial charge on any atom is -0.497 e. The van der Waals surface area contributed by atoms with Crippen LogP contribution in [0.5, 0.6) is 5.75 Å². The molecule has 30 heavy (non-hydrogen) atoms. The maximum Gasteiger partial charge on any atom is 0.450 e. The number of rotatable bonds is 3. The molecule has 156 valence electrons. The van der Waals surface area contributed by atoms with Gasteiger partial charge in [-0.3, -0.25) is 9.36 Å². The highest BCUT2D eigenvalue weighted by molar-refractivity contribution is 8.46. The number of nitrogens with one attached hydrogen (secondary N) is 1. The summed E-state index contributed by atoms with van der Waals surface area (Å²) in [6, 6.07) is 7.37. The Morgan fingerprint density at radius 2 is 2.03 bits per heavy atom. The smallest absolute Gasteiger partial charge is 0.450 e. The number of pyridine rings is 1. The van der Waals surface area contributed by atoms with Crippen molar-refractivity contribution in [3.63, 3.8) is 0 Å². The summed E-state index contributed by atoms with van der Waals surface area (Å²) >= 11 is 0. The first-order valence-electron chi connectivity index (χ1n) is 8.63. The summed E-state index contributed by atoms with van der Waals surface area (Å²) in [6.07, 6.45) is 1.55. The summed E-state index contributed by atoms with van der Waals surface area (Å²) in [5.41, 5.74) is 0.552. The van der Waals surface area contributed by atoms with Gasteiger partial charge in [0.05, 0.1) is 30.0 Å². The topological polar surface area (TPSA) is 81.4 Å². The molecule has 11 heteroatoms. The van der Waals surface area contributed by atoms with Crippen LogP contribution in [-0.2, 0) is 6.18 Å². The van der Waals surface area contributed by atoms with E-state index in [1.165, 1.54) is 37.6 Å². The van der Waals surface area contributed by atoms with Crippen LogP contribution in [0.3, 0.4) is 0 Å².